The molecule has 6 heteroatoms. The highest BCUT2D eigenvalue weighted by molar-refractivity contribution is 9.11. The molecule has 0 N–H and O–H groups in total. The van der Waals surface area contributed by atoms with Crippen molar-refractivity contribution in [2.75, 3.05) is 0 Å². The molecule has 0 amide bonds. The van der Waals surface area contributed by atoms with Gasteiger partial charge in [0, 0.05) is 8.95 Å². The van der Waals surface area contributed by atoms with Crippen LogP contribution in [0.2, 0.25) is 61.4 Å². The van der Waals surface area contributed by atoms with Crippen LogP contribution in [-0.4, -0.2) is 32.3 Å². The Kier molecular flexibility index (Phi) is 8.58. The summed E-state index contributed by atoms with van der Waals surface area (Å²) in [6, 6.07) is 10.9. The molecule has 0 spiro atoms. The van der Waals surface area contributed by atoms with Gasteiger partial charge in [-0.05, 0) is 44.7 Å². The largest absolute Gasteiger partial charge is 0.122 e. The molecular formula is C30H50Br2Si4. The molecule has 36 heavy (non-hydrogen) atoms. The van der Waals surface area contributed by atoms with E-state index in [1.807, 2.05) is 0 Å². The van der Waals surface area contributed by atoms with Crippen LogP contribution in [0.1, 0.15) is 55.4 Å². The summed E-state index contributed by atoms with van der Waals surface area (Å²) in [5.74, 6) is 0. The van der Waals surface area contributed by atoms with E-state index in [4.69, 9.17) is 0 Å². The normalized spacial score (nSPS) is 17.2. The molecule has 0 nitrogen and oxygen atoms in total. The summed E-state index contributed by atoms with van der Waals surface area (Å²) >= 11 is 8.28. The molecule has 0 aliphatic carbocycles. The first kappa shape index (κ1) is 30.8. The second-order valence-corrected chi connectivity index (χ2v) is 36.6. The molecule has 1 aliphatic heterocycles. The number of hydrogen-bond acceptors (Lipinski definition) is 0. The van der Waals surface area contributed by atoms with E-state index in [0.717, 1.165) is 0 Å². The van der Waals surface area contributed by atoms with E-state index in [-0.39, 0.29) is 0 Å². The first-order valence-electron chi connectivity index (χ1n) is 14.0. The van der Waals surface area contributed by atoms with Crippen LogP contribution in [0, 0.1) is 0 Å². The Morgan fingerprint density at radius 1 is 0.472 bits per heavy atom. The summed E-state index contributed by atoms with van der Waals surface area (Å²) in [6.07, 6.45) is 0. The predicted octanol–water partition coefficient (Wildman–Crippen LogP) is 7.38. The molecule has 2 aromatic rings. The Bertz CT molecular complexity index is 1040. The molecule has 200 valence electrons. The average Bonchev–Trinajstić information content (AvgIpc) is 2.68. The lowest BCUT2D eigenvalue weighted by Crippen LogP contribution is -2.85. The number of halogens is 2. The van der Waals surface area contributed by atoms with Crippen molar-refractivity contribution in [2.45, 2.75) is 117 Å². The van der Waals surface area contributed by atoms with Gasteiger partial charge in [-0.15, -0.1) is 0 Å². The third kappa shape index (κ3) is 4.45. The second kappa shape index (κ2) is 10.0. The van der Waals surface area contributed by atoms with Gasteiger partial charge in [0.1, 0.15) is 16.1 Å². The quantitative estimate of drug-likeness (QED) is 0.279. The Morgan fingerprint density at radius 3 is 0.889 bits per heavy atom. The van der Waals surface area contributed by atoms with E-state index >= 15 is 0 Å². The van der Waals surface area contributed by atoms with Crippen molar-refractivity contribution in [3.8, 4) is 0 Å². The number of rotatable bonds is 6. The highest BCUT2D eigenvalue weighted by atomic mass is 79.9. The fraction of sp³-hybridized carbons (Fsp3) is 0.600. The third-order valence-corrected chi connectivity index (χ3v) is 28.4. The molecular weight excluding hydrogens is 632 g/mol. The lowest BCUT2D eigenvalue weighted by atomic mass is 10.3. The minimum Gasteiger partial charge on any atom is -0.0656 e. The van der Waals surface area contributed by atoms with Crippen LogP contribution in [0.4, 0.5) is 0 Å². The monoisotopic (exact) mass is 680 g/mol. The highest BCUT2D eigenvalue weighted by Gasteiger charge is 2.58. The van der Waals surface area contributed by atoms with Gasteiger partial charge in [-0.25, -0.2) is 0 Å². The van der Waals surface area contributed by atoms with Crippen molar-refractivity contribution in [1.29, 1.82) is 0 Å². The first-order valence-corrected chi connectivity index (χ1v) is 26.9. The van der Waals surface area contributed by atoms with Gasteiger partial charge in [0.25, 0.3) is 0 Å². The zero-order valence-electron chi connectivity index (χ0n) is 25.4. The zero-order chi connectivity index (χ0) is 27.8. The van der Waals surface area contributed by atoms with Crippen molar-refractivity contribution < 1.29 is 0 Å². The molecule has 0 radical (unpaired) electrons. The van der Waals surface area contributed by atoms with Crippen LogP contribution in [0.3, 0.4) is 0 Å². The minimum atomic E-state index is -2.08. The molecule has 1 heterocycles. The smallest absolute Gasteiger partial charge is 0.0656 e. The molecule has 0 unspecified atom stereocenters. The van der Waals surface area contributed by atoms with Gasteiger partial charge in [-0.1, -0.05) is 159 Å². The summed E-state index contributed by atoms with van der Waals surface area (Å²) < 4.78 is 2.75. The molecule has 0 fully saturated rings. The predicted molar refractivity (Wildman–Crippen MR) is 185 cm³/mol. The van der Waals surface area contributed by atoms with E-state index in [9.17, 15) is 0 Å². The van der Waals surface area contributed by atoms with Gasteiger partial charge in [0.15, 0.2) is 0 Å². The first-order chi connectivity index (χ1) is 16.3. The Morgan fingerprint density at radius 2 is 0.694 bits per heavy atom. The molecule has 3 rings (SSSR count). The van der Waals surface area contributed by atoms with Crippen molar-refractivity contribution in [2.24, 2.45) is 0 Å². The maximum Gasteiger partial charge on any atom is 0.122 e. The van der Waals surface area contributed by atoms with Gasteiger partial charge in [0.2, 0.25) is 0 Å². The van der Waals surface area contributed by atoms with Crippen molar-refractivity contribution in [1.82, 2.24) is 0 Å². The molecule has 0 bridgehead atoms. The third-order valence-electron chi connectivity index (χ3n) is 9.26. The van der Waals surface area contributed by atoms with E-state index in [1.165, 1.54) is 8.95 Å². The molecule has 0 aromatic heterocycles. The summed E-state index contributed by atoms with van der Waals surface area (Å²) in [4.78, 5) is 0. The van der Waals surface area contributed by atoms with Crippen LogP contribution in [-0.2, 0) is 0 Å². The van der Waals surface area contributed by atoms with Crippen LogP contribution >= 0.6 is 31.9 Å². The van der Waals surface area contributed by atoms with Crippen LogP contribution < -0.4 is 31.1 Å². The molecule has 0 saturated heterocycles. The van der Waals surface area contributed by atoms with E-state index in [1.54, 1.807) is 31.1 Å². The number of fused-ring (bicyclic) bond motifs is 2. The standard InChI is InChI=1S/C30H50Br2Si4/c1-19(2)35(20(3)4)27-15-23(31)26(34(12,13)14)18-30(27)36(21(5)6,22(7)8)28-16-24(32)25(17-29(28)35)33(9,10)11/h15-22H,1-14H3. The summed E-state index contributed by atoms with van der Waals surface area (Å²) in [5, 5.41) is 10.3. The fourth-order valence-corrected chi connectivity index (χ4v) is 29.8. The number of benzene rings is 2. The van der Waals surface area contributed by atoms with Crippen molar-refractivity contribution >= 4 is 95.3 Å². The summed E-state index contributed by atoms with van der Waals surface area (Å²) in [6.45, 7) is 35.4. The van der Waals surface area contributed by atoms with Crippen LogP contribution in [0.15, 0.2) is 33.2 Å². The van der Waals surface area contributed by atoms with Gasteiger partial charge >= 0.3 is 0 Å². The average molecular weight is 683 g/mol. The molecule has 2 aromatic carbocycles. The zero-order valence-corrected chi connectivity index (χ0v) is 32.5. The highest BCUT2D eigenvalue weighted by Crippen LogP contribution is 2.40. The molecule has 0 saturated carbocycles. The van der Waals surface area contributed by atoms with Crippen LogP contribution in [0.5, 0.6) is 0 Å². The van der Waals surface area contributed by atoms with Gasteiger partial charge in [-0.2, -0.15) is 0 Å². The maximum atomic E-state index is 4.14. The lowest BCUT2D eigenvalue weighted by molar-refractivity contribution is 0.914. The van der Waals surface area contributed by atoms with Gasteiger partial charge in [-0.3, -0.25) is 0 Å². The van der Waals surface area contributed by atoms with Gasteiger partial charge < -0.3 is 0 Å². The van der Waals surface area contributed by atoms with Crippen LogP contribution in [0.25, 0.3) is 0 Å². The lowest BCUT2D eigenvalue weighted by Gasteiger charge is -2.55. The SMILES string of the molecule is CC(C)[Si]1(C(C)C)c2cc(Br)c([Si](C)(C)C)cc2[Si](C(C)C)(C(C)C)c2cc(Br)c([Si](C)(C)C)cc21. The Labute approximate surface area is 243 Å². The van der Waals surface area contributed by atoms with E-state index in [2.05, 4.69) is 151 Å². The summed E-state index contributed by atoms with van der Waals surface area (Å²) in [5.41, 5.74) is 2.56. The minimum absolute atomic E-state index is 0.640. The Balaban J connectivity index is 2.73. The Hall–Kier alpha value is 0.268. The topological polar surface area (TPSA) is 0 Å². The fourth-order valence-electron chi connectivity index (χ4n) is 7.78. The molecule has 1 aliphatic rings. The molecule has 0 atom stereocenters. The summed E-state index contributed by atoms with van der Waals surface area (Å²) in [7, 11) is -7.21. The van der Waals surface area contributed by atoms with Crippen molar-refractivity contribution in [3.63, 3.8) is 0 Å². The van der Waals surface area contributed by atoms with E-state index < -0.39 is 32.3 Å². The van der Waals surface area contributed by atoms with Crippen molar-refractivity contribution in [3.05, 3.63) is 33.2 Å². The van der Waals surface area contributed by atoms with Gasteiger partial charge in [0.05, 0.1) is 16.1 Å². The van der Waals surface area contributed by atoms with E-state index in [0.29, 0.717) is 22.2 Å². The number of hydrogen-bond donors (Lipinski definition) is 0. The maximum absolute atomic E-state index is 4.14. The second-order valence-electron chi connectivity index (χ2n) is 14.6.